The molecule has 1 aliphatic heterocycles. The van der Waals surface area contributed by atoms with Gasteiger partial charge in [-0.15, -0.1) is 0 Å². The molecule has 2 amide bonds. The van der Waals surface area contributed by atoms with Crippen molar-refractivity contribution < 1.29 is 19.1 Å². The van der Waals surface area contributed by atoms with Gasteiger partial charge in [0.2, 0.25) is 12.7 Å². The number of benzene rings is 3. The summed E-state index contributed by atoms with van der Waals surface area (Å²) in [5, 5.41) is 5.80. The number of rotatable bonds is 8. The van der Waals surface area contributed by atoms with Gasteiger partial charge in [-0.2, -0.15) is 0 Å². The molecule has 0 bridgehead atoms. The van der Waals surface area contributed by atoms with Crippen LogP contribution in [0.4, 0.5) is 5.69 Å². The highest BCUT2D eigenvalue weighted by Gasteiger charge is 2.14. The van der Waals surface area contributed by atoms with Gasteiger partial charge in [0.15, 0.2) is 11.5 Å². The zero-order chi connectivity index (χ0) is 24.2. The maximum atomic E-state index is 12.7. The van der Waals surface area contributed by atoms with E-state index in [2.05, 4.69) is 20.6 Å². The molecule has 0 fully saturated rings. The summed E-state index contributed by atoms with van der Waals surface area (Å²) in [6.45, 7) is 2.44. The fourth-order valence-corrected chi connectivity index (χ4v) is 3.92. The summed E-state index contributed by atoms with van der Waals surface area (Å²) >= 11 is 0. The summed E-state index contributed by atoms with van der Waals surface area (Å²) in [6, 6.07) is 18.9. The first-order valence-electron chi connectivity index (χ1n) is 11.6. The fraction of sp³-hybridized carbons (Fsp3) is 0.222. The summed E-state index contributed by atoms with van der Waals surface area (Å²) in [5.74, 6) is 2.12. The Bertz CT molecular complexity index is 1380. The highest BCUT2D eigenvalue weighted by molar-refractivity contribution is 5.97. The van der Waals surface area contributed by atoms with Crippen molar-refractivity contribution >= 4 is 28.5 Å². The maximum absolute atomic E-state index is 12.7. The molecule has 3 aromatic carbocycles. The van der Waals surface area contributed by atoms with E-state index in [1.54, 1.807) is 6.07 Å². The maximum Gasteiger partial charge on any atom is 0.251 e. The van der Waals surface area contributed by atoms with Gasteiger partial charge in [-0.05, 0) is 60.0 Å². The molecule has 8 heteroatoms. The van der Waals surface area contributed by atoms with Crippen molar-refractivity contribution in [2.24, 2.45) is 0 Å². The Kier molecular flexibility index (Phi) is 6.34. The largest absolute Gasteiger partial charge is 0.454 e. The van der Waals surface area contributed by atoms with Crippen molar-refractivity contribution in [3.8, 4) is 11.5 Å². The summed E-state index contributed by atoms with van der Waals surface area (Å²) in [6.07, 6.45) is 2.00. The van der Waals surface area contributed by atoms with E-state index in [9.17, 15) is 9.59 Å². The number of hydrogen-bond donors (Lipinski definition) is 3. The Morgan fingerprint density at radius 3 is 2.57 bits per heavy atom. The van der Waals surface area contributed by atoms with Gasteiger partial charge in [-0.1, -0.05) is 25.1 Å². The topological polar surface area (TPSA) is 105 Å². The molecular weight excluding hydrogens is 444 g/mol. The number of fused-ring (bicyclic) bond motifs is 2. The van der Waals surface area contributed by atoms with Crippen LogP contribution >= 0.6 is 0 Å². The molecule has 0 aliphatic carbocycles. The van der Waals surface area contributed by atoms with E-state index in [-0.39, 0.29) is 18.6 Å². The molecule has 0 saturated heterocycles. The lowest BCUT2D eigenvalue weighted by molar-refractivity contribution is -0.115. The number of carbonyl (C=O) groups is 2. The molecule has 0 spiro atoms. The number of amides is 2. The van der Waals surface area contributed by atoms with Crippen LogP contribution in [0.15, 0.2) is 60.7 Å². The minimum atomic E-state index is -0.157. The average molecular weight is 471 g/mol. The van der Waals surface area contributed by atoms with Crippen LogP contribution in [-0.2, 0) is 24.2 Å². The monoisotopic (exact) mass is 470 g/mol. The number of H-pyrrole nitrogens is 1. The lowest BCUT2D eigenvalue weighted by Gasteiger charge is -2.06. The minimum Gasteiger partial charge on any atom is -0.454 e. The van der Waals surface area contributed by atoms with E-state index in [0.29, 0.717) is 24.3 Å². The Morgan fingerprint density at radius 1 is 0.943 bits per heavy atom. The van der Waals surface area contributed by atoms with Crippen LogP contribution in [-0.4, -0.2) is 28.6 Å². The highest BCUT2D eigenvalue weighted by atomic mass is 16.7. The van der Waals surface area contributed by atoms with E-state index >= 15 is 0 Å². The average Bonchev–Trinajstić information content (AvgIpc) is 3.52. The number of carbonyl (C=O) groups excluding carboxylic acids is 2. The van der Waals surface area contributed by atoms with Gasteiger partial charge >= 0.3 is 0 Å². The third-order valence-corrected chi connectivity index (χ3v) is 5.89. The molecule has 0 atom stereocenters. The summed E-state index contributed by atoms with van der Waals surface area (Å²) in [4.78, 5) is 32.2. The molecular formula is C27H26N4O4. The van der Waals surface area contributed by atoms with Gasteiger partial charge < -0.3 is 25.1 Å². The second kappa shape index (κ2) is 9.89. The normalized spacial score (nSPS) is 12.0. The highest BCUT2D eigenvalue weighted by Crippen LogP contribution is 2.32. The van der Waals surface area contributed by atoms with Crippen molar-refractivity contribution in [1.82, 2.24) is 15.3 Å². The van der Waals surface area contributed by atoms with Gasteiger partial charge in [-0.3, -0.25) is 9.59 Å². The molecule has 5 rings (SSSR count). The Balaban J connectivity index is 1.18. The molecule has 1 aliphatic rings. The van der Waals surface area contributed by atoms with E-state index in [1.807, 2.05) is 61.5 Å². The lowest BCUT2D eigenvalue weighted by atomic mass is 10.1. The van der Waals surface area contributed by atoms with Crippen molar-refractivity contribution in [3.63, 3.8) is 0 Å². The third kappa shape index (κ3) is 5.27. The van der Waals surface area contributed by atoms with Crippen molar-refractivity contribution in [2.45, 2.75) is 32.7 Å². The molecule has 3 N–H and O–H groups in total. The molecule has 2 heterocycles. The van der Waals surface area contributed by atoms with E-state index in [0.717, 1.165) is 52.3 Å². The van der Waals surface area contributed by atoms with Gasteiger partial charge in [-0.25, -0.2) is 4.98 Å². The van der Waals surface area contributed by atoms with Crippen molar-refractivity contribution in [2.75, 3.05) is 12.1 Å². The van der Waals surface area contributed by atoms with Crippen molar-refractivity contribution in [3.05, 3.63) is 83.2 Å². The van der Waals surface area contributed by atoms with E-state index in [1.165, 1.54) is 0 Å². The quantitative estimate of drug-likeness (QED) is 0.355. The van der Waals surface area contributed by atoms with E-state index < -0.39 is 0 Å². The Hall–Kier alpha value is -4.33. The van der Waals surface area contributed by atoms with Crippen LogP contribution in [0.2, 0.25) is 0 Å². The first-order valence-corrected chi connectivity index (χ1v) is 11.6. The minimum absolute atomic E-state index is 0.000933. The number of nitrogens with zero attached hydrogens (tertiary/aromatic N) is 1. The first-order chi connectivity index (χ1) is 17.1. The Morgan fingerprint density at radius 2 is 1.74 bits per heavy atom. The standard InChI is InChI=1S/C27H26N4O4/c1-2-26(32)29-20-8-3-17(4-9-20)6-12-25-30-21-10-7-19(14-22(21)31-25)27(33)28-15-18-5-11-23-24(13-18)35-16-34-23/h3-5,7-11,13-14H,2,6,12,15-16H2,1H3,(H,28,33)(H,29,32)(H,30,31). The summed E-state index contributed by atoms with van der Waals surface area (Å²) < 4.78 is 10.7. The molecule has 178 valence electrons. The number of hydrogen-bond acceptors (Lipinski definition) is 5. The predicted octanol–water partition coefficient (Wildman–Crippen LogP) is 4.36. The Labute approximate surface area is 202 Å². The van der Waals surface area contributed by atoms with Crippen LogP contribution in [0, 0.1) is 0 Å². The molecule has 35 heavy (non-hydrogen) atoms. The van der Waals surface area contributed by atoms with Crippen LogP contribution in [0.5, 0.6) is 11.5 Å². The van der Waals surface area contributed by atoms with Crippen molar-refractivity contribution in [1.29, 1.82) is 0 Å². The molecule has 0 saturated carbocycles. The molecule has 0 unspecified atom stereocenters. The lowest BCUT2D eigenvalue weighted by Crippen LogP contribution is -2.22. The molecule has 8 nitrogen and oxygen atoms in total. The predicted molar refractivity (Wildman–Crippen MR) is 133 cm³/mol. The zero-order valence-electron chi connectivity index (χ0n) is 19.4. The van der Waals surface area contributed by atoms with Gasteiger partial charge in [0, 0.05) is 30.6 Å². The van der Waals surface area contributed by atoms with Crippen LogP contribution < -0.4 is 20.1 Å². The van der Waals surface area contributed by atoms with Gasteiger partial charge in [0.25, 0.3) is 5.91 Å². The molecule has 0 radical (unpaired) electrons. The SMILES string of the molecule is CCC(=O)Nc1ccc(CCc2nc3ccc(C(=O)NCc4ccc5c(c4)OCO5)cc3[nH]2)cc1. The number of aryl methyl sites for hydroxylation is 2. The number of nitrogens with one attached hydrogen (secondary N) is 3. The summed E-state index contributed by atoms with van der Waals surface area (Å²) in [7, 11) is 0. The first kappa shape index (κ1) is 22.5. The second-order valence-electron chi connectivity index (χ2n) is 8.38. The number of aromatic nitrogens is 2. The zero-order valence-corrected chi connectivity index (χ0v) is 19.4. The van der Waals surface area contributed by atoms with Crippen LogP contribution in [0.1, 0.15) is 40.7 Å². The number of anilines is 1. The fourth-order valence-electron chi connectivity index (χ4n) is 3.92. The van der Waals surface area contributed by atoms with E-state index in [4.69, 9.17) is 9.47 Å². The number of aromatic amines is 1. The summed E-state index contributed by atoms with van der Waals surface area (Å²) in [5.41, 5.74) is 5.11. The smallest absolute Gasteiger partial charge is 0.251 e. The third-order valence-electron chi connectivity index (χ3n) is 5.89. The number of imidazole rings is 1. The molecule has 1 aromatic heterocycles. The number of ether oxygens (including phenoxy) is 2. The van der Waals surface area contributed by atoms with Crippen LogP contribution in [0.3, 0.4) is 0 Å². The van der Waals surface area contributed by atoms with Gasteiger partial charge in [0.05, 0.1) is 11.0 Å². The molecule has 4 aromatic rings. The second-order valence-corrected chi connectivity index (χ2v) is 8.38. The van der Waals surface area contributed by atoms with Crippen LogP contribution in [0.25, 0.3) is 11.0 Å². The van der Waals surface area contributed by atoms with Gasteiger partial charge in [0.1, 0.15) is 5.82 Å².